The van der Waals surface area contributed by atoms with E-state index >= 15 is 0 Å². The van der Waals surface area contributed by atoms with Crippen molar-refractivity contribution in [3.8, 4) is 0 Å². The summed E-state index contributed by atoms with van der Waals surface area (Å²) in [6, 6.07) is 11.0. The number of thiophene rings is 2. The molecule has 0 saturated carbocycles. The highest BCUT2D eigenvalue weighted by molar-refractivity contribution is 9.11. The lowest BCUT2D eigenvalue weighted by Gasteiger charge is -2.09. The van der Waals surface area contributed by atoms with Crippen LogP contribution in [-0.2, 0) is 0 Å². The third-order valence-corrected chi connectivity index (χ3v) is 7.16. The van der Waals surface area contributed by atoms with E-state index in [0.717, 1.165) is 0 Å². The highest BCUT2D eigenvalue weighted by atomic mass is 79.9. The lowest BCUT2D eigenvalue weighted by Crippen LogP contribution is -1.93. The zero-order valence-electron chi connectivity index (χ0n) is 10.0. The highest BCUT2D eigenvalue weighted by Crippen LogP contribution is 2.41. The fourth-order valence-corrected chi connectivity index (χ4v) is 6.34. The highest BCUT2D eigenvalue weighted by Gasteiger charge is 2.16. The number of fused-ring (bicyclic) bond motifs is 7. The van der Waals surface area contributed by atoms with Crippen molar-refractivity contribution >= 4 is 74.7 Å². The predicted molar refractivity (Wildman–Crippen MR) is 94.4 cm³/mol. The molecular formula is C16H6Br2S2. The maximum atomic E-state index is 3.71. The minimum Gasteiger partial charge on any atom is -0.143 e. The summed E-state index contributed by atoms with van der Waals surface area (Å²) in [6.07, 6.45) is 0. The Morgan fingerprint density at radius 1 is 0.850 bits per heavy atom. The third kappa shape index (κ3) is 1.31. The molecule has 2 aromatic carbocycles. The summed E-state index contributed by atoms with van der Waals surface area (Å²) < 4.78 is 5.22. The Bertz CT molecular complexity index is 1220. The maximum Gasteiger partial charge on any atom is 0.0711 e. The lowest BCUT2D eigenvalue weighted by atomic mass is 9.97. The topological polar surface area (TPSA) is 0 Å². The van der Waals surface area contributed by atoms with Crippen molar-refractivity contribution in [1.82, 2.24) is 0 Å². The number of hydrogen-bond acceptors (Lipinski definition) is 2. The molecule has 0 unspecified atom stereocenters. The Hall–Kier alpha value is -0.680. The zero-order chi connectivity index (χ0) is 13.4. The van der Waals surface area contributed by atoms with Crippen molar-refractivity contribution in [3.05, 3.63) is 64.8 Å². The van der Waals surface area contributed by atoms with Crippen LogP contribution in [0.2, 0.25) is 0 Å². The molecule has 2 heterocycles. The molecule has 0 aliphatic heterocycles. The van der Waals surface area contributed by atoms with Gasteiger partial charge in [0.25, 0.3) is 0 Å². The van der Waals surface area contributed by atoms with E-state index in [2.05, 4.69) is 67.6 Å². The van der Waals surface area contributed by atoms with E-state index < -0.39 is 0 Å². The number of hydrogen-bond donors (Lipinski definition) is 0. The van der Waals surface area contributed by atoms with Gasteiger partial charge < -0.3 is 0 Å². The number of rotatable bonds is 0. The van der Waals surface area contributed by atoms with Crippen LogP contribution in [0.4, 0.5) is 0 Å². The first-order valence-corrected chi connectivity index (χ1v) is 9.45. The Kier molecular flexibility index (Phi) is 2.35. The summed E-state index contributed by atoms with van der Waals surface area (Å²) in [7, 11) is 0. The van der Waals surface area contributed by atoms with Crippen LogP contribution < -0.4 is 0 Å². The molecule has 0 radical (unpaired) electrons. The van der Waals surface area contributed by atoms with Gasteiger partial charge in [0.15, 0.2) is 0 Å². The van der Waals surface area contributed by atoms with Crippen molar-refractivity contribution in [3.63, 3.8) is 0 Å². The van der Waals surface area contributed by atoms with Crippen LogP contribution in [0.5, 0.6) is 0 Å². The van der Waals surface area contributed by atoms with Crippen molar-refractivity contribution in [1.29, 1.82) is 0 Å². The van der Waals surface area contributed by atoms with Gasteiger partial charge in [-0.1, -0.05) is 28.1 Å². The Labute approximate surface area is 138 Å². The third-order valence-electron chi connectivity index (χ3n) is 3.89. The molecule has 4 heteroatoms. The van der Waals surface area contributed by atoms with Gasteiger partial charge in [-0.2, -0.15) is 0 Å². The van der Waals surface area contributed by atoms with E-state index in [4.69, 9.17) is 0 Å². The predicted octanol–water partition coefficient (Wildman–Crippen LogP) is 6.53. The van der Waals surface area contributed by atoms with Crippen LogP contribution in [-0.4, -0.2) is 0 Å². The summed E-state index contributed by atoms with van der Waals surface area (Å²) in [6.45, 7) is 0. The van der Waals surface area contributed by atoms with Gasteiger partial charge in [0.1, 0.15) is 0 Å². The Morgan fingerprint density at radius 3 is 2.65 bits per heavy atom. The van der Waals surface area contributed by atoms with Gasteiger partial charge in [0, 0.05) is 40.3 Å². The van der Waals surface area contributed by atoms with E-state index in [-0.39, 0.29) is 0 Å². The molecule has 0 amide bonds. The van der Waals surface area contributed by atoms with Crippen LogP contribution in [0.25, 0.3) is 20.2 Å². The Morgan fingerprint density at radius 2 is 1.75 bits per heavy atom. The van der Waals surface area contributed by atoms with E-state index in [9.17, 15) is 0 Å². The van der Waals surface area contributed by atoms with Gasteiger partial charge >= 0.3 is 0 Å². The molecule has 0 bridgehead atoms. The molecule has 5 rings (SSSR count). The van der Waals surface area contributed by atoms with Crippen LogP contribution in [0.3, 0.4) is 0 Å². The molecular weight excluding hydrogens is 416 g/mol. The van der Waals surface area contributed by atoms with Crippen LogP contribution in [0, 0.1) is 20.9 Å². The molecule has 0 atom stereocenters. The zero-order valence-corrected chi connectivity index (χ0v) is 14.8. The second-order valence-corrected chi connectivity index (χ2v) is 9.07. The fraction of sp³-hybridized carbons (Fsp3) is 0. The van der Waals surface area contributed by atoms with Crippen molar-refractivity contribution in [2.45, 2.75) is 0 Å². The van der Waals surface area contributed by atoms with E-state index in [1.165, 1.54) is 49.3 Å². The number of benzene rings is 2. The minimum absolute atomic E-state index is 1.20. The first-order chi connectivity index (χ1) is 9.75. The average molecular weight is 422 g/mol. The van der Waals surface area contributed by atoms with E-state index in [1.807, 2.05) is 22.7 Å². The van der Waals surface area contributed by atoms with Crippen LogP contribution in [0.1, 0.15) is 0 Å². The molecule has 0 nitrogen and oxygen atoms in total. The summed E-state index contributed by atoms with van der Waals surface area (Å²) in [5.41, 5.74) is 0. The fourth-order valence-electron chi connectivity index (χ4n) is 3.12. The summed E-state index contributed by atoms with van der Waals surface area (Å²) in [4.78, 5) is 0. The largest absolute Gasteiger partial charge is 0.143 e. The molecule has 1 aliphatic carbocycles. The van der Waals surface area contributed by atoms with Gasteiger partial charge in [0.05, 0.1) is 3.79 Å². The average Bonchev–Trinajstić information content (AvgIpc) is 2.98. The second kappa shape index (κ2) is 3.95. The van der Waals surface area contributed by atoms with Gasteiger partial charge in [-0.05, 0) is 44.7 Å². The number of halogens is 2. The SMILES string of the molecule is Brc1cc2c(s1)c1c(c3ccsc32)=c2c(Br)cccc2=1. The Balaban J connectivity index is 2.31. The summed E-state index contributed by atoms with van der Waals surface area (Å²) in [5.74, 6) is 0. The molecule has 0 spiro atoms. The molecule has 20 heavy (non-hydrogen) atoms. The van der Waals surface area contributed by atoms with Crippen molar-refractivity contribution in [2.24, 2.45) is 0 Å². The minimum atomic E-state index is 1.20. The standard InChI is InChI=1S/C16H6Br2S2/c17-10-3-1-2-7-12(10)13-8-4-5-19-15(8)9-6-11(18)20-16(9)14(7)13/h1-6H. The first kappa shape index (κ1) is 11.9. The summed E-state index contributed by atoms with van der Waals surface area (Å²) in [5, 5.41) is 10.6. The molecule has 96 valence electrons. The molecule has 4 aromatic rings. The van der Waals surface area contributed by atoms with Crippen LogP contribution in [0.15, 0.2) is 44.0 Å². The molecule has 1 aliphatic rings. The molecule has 0 N–H and O–H groups in total. The lowest BCUT2D eigenvalue weighted by molar-refractivity contribution is 1.32. The van der Waals surface area contributed by atoms with Gasteiger partial charge in [-0.15, -0.1) is 22.7 Å². The van der Waals surface area contributed by atoms with Gasteiger partial charge in [0.2, 0.25) is 0 Å². The van der Waals surface area contributed by atoms with E-state index in [1.54, 1.807) is 0 Å². The molecule has 2 aromatic heterocycles. The van der Waals surface area contributed by atoms with Gasteiger partial charge in [-0.25, -0.2) is 0 Å². The van der Waals surface area contributed by atoms with Crippen molar-refractivity contribution in [2.75, 3.05) is 0 Å². The first-order valence-electron chi connectivity index (χ1n) is 6.17. The second-order valence-electron chi connectivity index (χ2n) is 4.87. The molecule has 0 fully saturated rings. The summed E-state index contributed by atoms with van der Waals surface area (Å²) >= 11 is 11.0. The van der Waals surface area contributed by atoms with Crippen molar-refractivity contribution < 1.29 is 0 Å². The van der Waals surface area contributed by atoms with E-state index in [0.29, 0.717) is 0 Å². The normalized spacial score (nSPS) is 12.5. The monoisotopic (exact) mass is 420 g/mol. The smallest absolute Gasteiger partial charge is 0.0711 e. The van der Waals surface area contributed by atoms with Gasteiger partial charge in [-0.3, -0.25) is 0 Å². The quantitative estimate of drug-likeness (QED) is 0.266. The molecule has 0 saturated heterocycles. The maximum absolute atomic E-state index is 3.71. The van der Waals surface area contributed by atoms with Crippen LogP contribution >= 0.6 is 54.5 Å².